The van der Waals surface area contributed by atoms with E-state index in [0.717, 1.165) is 5.23 Å². The molecule has 128 valence electrons. The van der Waals surface area contributed by atoms with Gasteiger partial charge in [0.05, 0.1) is 10.0 Å². The van der Waals surface area contributed by atoms with Gasteiger partial charge >= 0.3 is 0 Å². The molecule has 0 aliphatic rings. The maximum Gasteiger partial charge on any atom is 0.207 e. The molecule has 0 unspecified atom stereocenters. The Morgan fingerprint density at radius 1 is 1.17 bits per heavy atom. The van der Waals surface area contributed by atoms with Crippen LogP contribution in [0.5, 0.6) is 0 Å². The van der Waals surface area contributed by atoms with E-state index < -0.39 is 11.9 Å². The highest BCUT2D eigenvalue weighted by Gasteiger charge is 2.13. The first kappa shape index (κ1) is 23.3. The summed E-state index contributed by atoms with van der Waals surface area (Å²) >= 11 is 11.9. The highest BCUT2D eigenvalue weighted by atomic mass is 35.5. The third-order valence-corrected chi connectivity index (χ3v) is 2.82. The summed E-state index contributed by atoms with van der Waals surface area (Å²) in [6.07, 6.45) is 0.425. The molecule has 0 radical (unpaired) electrons. The Balaban J connectivity index is 0. The van der Waals surface area contributed by atoms with Crippen LogP contribution in [0.1, 0.15) is 5.56 Å². The van der Waals surface area contributed by atoms with Crippen LogP contribution in [0.3, 0.4) is 0 Å². The van der Waals surface area contributed by atoms with E-state index >= 15 is 0 Å². The average molecular weight is 404 g/mol. The number of nitrogens with zero attached hydrogens (tertiary/aromatic N) is 2. The fourth-order valence-corrected chi connectivity index (χ4v) is 1.65. The zero-order valence-corrected chi connectivity index (χ0v) is 14.5. The van der Waals surface area contributed by atoms with Gasteiger partial charge in [0.1, 0.15) is 5.71 Å². The number of nitrogens with two attached hydrogens (primary N) is 2. The lowest BCUT2D eigenvalue weighted by Gasteiger charge is -2.20. The molecule has 0 fully saturated rings. The number of benzene rings is 1. The quantitative estimate of drug-likeness (QED) is 0.185. The molecule has 0 spiro atoms. The lowest BCUT2D eigenvalue weighted by molar-refractivity contribution is -0.102. The van der Waals surface area contributed by atoms with Crippen LogP contribution in [-0.4, -0.2) is 29.1 Å². The number of halogens is 4. The minimum Gasteiger partial charge on any atom is -0.369 e. The van der Waals surface area contributed by atoms with Crippen molar-refractivity contribution in [2.24, 2.45) is 16.6 Å². The van der Waals surface area contributed by atoms with Crippen LogP contribution in [0.4, 0.5) is 0 Å². The van der Waals surface area contributed by atoms with Crippen LogP contribution in [-0.2, 0) is 4.79 Å². The number of hydrazone groups is 1. The summed E-state index contributed by atoms with van der Waals surface area (Å²) in [5, 5.41) is 19.2. The van der Waals surface area contributed by atoms with Crippen LogP contribution >= 0.6 is 48.0 Å². The molecule has 23 heavy (non-hydrogen) atoms. The molecule has 1 rings (SSSR count). The Hall–Kier alpha value is -1.94. The van der Waals surface area contributed by atoms with Crippen molar-refractivity contribution in [2.45, 2.75) is 0 Å². The second kappa shape index (κ2) is 10.7. The van der Waals surface area contributed by atoms with E-state index in [2.05, 4.69) is 16.0 Å². The monoisotopic (exact) mass is 402 g/mol. The lowest BCUT2D eigenvalue weighted by Crippen LogP contribution is -2.54. The van der Waals surface area contributed by atoms with E-state index in [0.29, 0.717) is 6.29 Å². The molecular formula is C10H14Cl4N8O. The predicted octanol–water partition coefficient (Wildman–Crippen LogP) is 0.838. The van der Waals surface area contributed by atoms with Crippen molar-refractivity contribution in [3.63, 3.8) is 0 Å². The third-order valence-electron chi connectivity index (χ3n) is 2.00. The van der Waals surface area contributed by atoms with Crippen molar-refractivity contribution in [3.8, 4) is 0 Å². The van der Waals surface area contributed by atoms with Crippen molar-refractivity contribution < 1.29 is 4.79 Å². The second-order valence-electron chi connectivity index (χ2n) is 3.57. The molecular weight excluding hydrogens is 390 g/mol. The molecule has 0 aliphatic carbocycles. The fraction of sp³-hybridized carbons (Fsp3) is 0. The number of carbonyl (C=O) groups excluding carboxylic acids is 1. The molecule has 1 aromatic carbocycles. The molecule has 1 aromatic rings. The largest absolute Gasteiger partial charge is 0.369 e. The number of nitrogens with one attached hydrogen (secondary N) is 4. The molecule has 0 aliphatic heterocycles. The molecule has 0 atom stereocenters. The van der Waals surface area contributed by atoms with Crippen molar-refractivity contribution in [1.82, 2.24) is 16.1 Å². The number of guanidine groups is 2. The first-order valence-electron chi connectivity index (χ1n) is 5.34. The lowest BCUT2D eigenvalue weighted by atomic mass is 10.1. The van der Waals surface area contributed by atoms with Crippen LogP contribution < -0.4 is 22.3 Å². The molecule has 8 N–H and O–H groups in total. The van der Waals surface area contributed by atoms with E-state index in [-0.39, 0.29) is 46.1 Å². The molecule has 0 amide bonds. The summed E-state index contributed by atoms with van der Waals surface area (Å²) in [5.74, 6) is -0.982. The maximum absolute atomic E-state index is 11.2. The van der Waals surface area contributed by atoms with Gasteiger partial charge in [-0.15, -0.1) is 35.1 Å². The number of aldehydes is 1. The van der Waals surface area contributed by atoms with Crippen LogP contribution in [0.25, 0.3) is 0 Å². The topological polar surface area (TPSA) is 156 Å². The van der Waals surface area contributed by atoms with Gasteiger partial charge in [-0.2, -0.15) is 0 Å². The Kier molecular flexibility index (Phi) is 10.9. The SMILES string of the molecule is Cl.Cl.N=C(N)NN(N=C(C=O)c1cccc(Cl)c1Cl)NC(=N)N. The Morgan fingerprint density at radius 3 is 2.13 bits per heavy atom. The number of rotatable bonds is 5. The summed E-state index contributed by atoms with van der Waals surface area (Å²) in [5.41, 5.74) is 14.9. The number of hydrogen-bond donors (Lipinski definition) is 6. The zero-order valence-electron chi connectivity index (χ0n) is 11.3. The highest BCUT2D eigenvalue weighted by molar-refractivity contribution is 6.47. The third kappa shape index (κ3) is 7.24. The maximum atomic E-state index is 11.2. The van der Waals surface area contributed by atoms with E-state index in [9.17, 15) is 4.79 Å². The standard InChI is InChI=1S/C10H12Cl2N8O.2ClH/c11-6-3-1-2-5(8(6)12)7(4-21)17-20(18-9(13)14)19-10(15)16;;/h1-4H,(H4,13,14,18)(H4,15,16,19);2*1H. The van der Waals surface area contributed by atoms with E-state index in [4.69, 9.17) is 45.5 Å². The van der Waals surface area contributed by atoms with E-state index in [1.165, 1.54) is 6.07 Å². The van der Waals surface area contributed by atoms with Crippen LogP contribution in [0.15, 0.2) is 23.3 Å². The van der Waals surface area contributed by atoms with Gasteiger partial charge in [-0.1, -0.05) is 35.3 Å². The van der Waals surface area contributed by atoms with Crippen molar-refractivity contribution in [3.05, 3.63) is 33.8 Å². The fourth-order valence-electron chi connectivity index (χ4n) is 1.26. The summed E-state index contributed by atoms with van der Waals surface area (Å²) in [4.78, 5) is 11.2. The molecule has 0 saturated carbocycles. The second-order valence-corrected chi connectivity index (χ2v) is 4.35. The van der Waals surface area contributed by atoms with Gasteiger partial charge in [-0.3, -0.25) is 15.6 Å². The molecule has 0 aromatic heterocycles. The minimum absolute atomic E-state index is 0. The van der Waals surface area contributed by atoms with Gasteiger partial charge in [0, 0.05) is 5.56 Å². The first-order valence-corrected chi connectivity index (χ1v) is 6.10. The van der Waals surface area contributed by atoms with E-state index in [1.54, 1.807) is 12.1 Å². The van der Waals surface area contributed by atoms with Crippen LogP contribution in [0, 0.1) is 10.8 Å². The summed E-state index contributed by atoms with van der Waals surface area (Å²) in [6.45, 7) is 0. The number of hydrogen-bond acceptors (Lipinski definition) is 5. The van der Waals surface area contributed by atoms with Crippen molar-refractivity contribution >= 4 is 71.9 Å². The van der Waals surface area contributed by atoms with Gasteiger partial charge in [-0.05, 0) is 6.07 Å². The van der Waals surface area contributed by atoms with Gasteiger partial charge < -0.3 is 11.5 Å². The van der Waals surface area contributed by atoms with Gasteiger partial charge in [-0.25, -0.2) is 10.9 Å². The van der Waals surface area contributed by atoms with Crippen LogP contribution in [0.2, 0.25) is 10.0 Å². The molecule has 0 heterocycles. The molecule has 0 bridgehead atoms. The summed E-state index contributed by atoms with van der Waals surface area (Å²) in [7, 11) is 0. The molecule has 0 saturated heterocycles. The molecule has 9 nitrogen and oxygen atoms in total. The molecule has 13 heteroatoms. The van der Waals surface area contributed by atoms with Crippen molar-refractivity contribution in [1.29, 1.82) is 10.8 Å². The normalized spacial score (nSPS) is 9.74. The Bertz CT molecular complexity index is 593. The number of carbonyl (C=O) groups is 1. The van der Waals surface area contributed by atoms with Gasteiger partial charge in [0.2, 0.25) is 11.9 Å². The minimum atomic E-state index is -0.491. The predicted molar refractivity (Wildman–Crippen MR) is 95.5 cm³/mol. The van der Waals surface area contributed by atoms with Crippen molar-refractivity contribution in [2.75, 3.05) is 0 Å². The Morgan fingerprint density at radius 2 is 1.70 bits per heavy atom. The smallest absolute Gasteiger partial charge is 0.207 e. The highest BCUT2D eigenvalue weighted by Crippen LogP contribution is 2.25. The first-order chi connectivity index (χ1) is 9.85. The summed E-state index contributed by atoms with van der Waals surface area (Å²) < 4.78 is 0. The average Bonchev–Trinajstić information content (AvgIpc) is 2.38. The van der Waals surface area contributed by atoms with E-state index in [1.807, 2.05) is 0 Å². The zero-order chi connectivity index (χ0) is 16.0. The van der Waals surface area contributed by atoms with Gasteiger partial charge in [0.15, 0.2) is 6.29 Å². The number of hydrazine groups is 2. The van der Waals surface area contributed by atoms with Gasteiger partial charge in [0.25, 0.3) is 0 Å². The Labute approximate surface area is 154 Å². The summed E-state index contributed by atoms with van der Waals surface area (Å²) in [6, 6.07) is 4.67.